The van der Waals surface area contributed by atoms with Crippen LogP contribution in [-0.4, -0.2) is 48.2 Å². The first-order valence-corrected chi connectivity index (χ1v) is 18.4. The van der Waals surface area contributed by atoms with Crippen LogP contribution in [0, 0.1) is 0 Å². The van der Waals surface area contributed by atoms with E-state index in [2.05, 4.69) is 60.7 Å². The van der Waals surface area contributed by atoms with Gasteiger partial charge in [-0.1, -0.05) is 60.7 Å². The van der Waals surface area contributed by atoms with Crippen LogP contribution in [0.3, 0.4) is 0 Å². The first-order chi connectivity index (χ1) is 21.1. The Morgan fingerprint density at radius 1 is 0.535 bits per heavy atom. The van der Waals surface area contributed by atoms with Crippen molar-refractivity contribution in [3.8, 4) is 22.3 Å². The normalized spacial score (nSPS) is 17.9. The lowest BCUT2D eigenvalue weighted by Gasteiger charge is -2.24. The van der Waals surface area contributed by atoms with Crippen LogP contribution < -0.4 is 0 Å². The summed E-state index contributed by atoms with van der Waals surface area (Å²) < 4.78 is 10.9. The summed E-state index contributed by atoms with van der Waals surface area (Å²) in [6, 6.07) is 29.0. The van der Waals surface area contributed by atoms with Gasteiger partial charge in [0.25, 0.3) is 0 Å². The summed E-state index contributed by atoms with van der Waals surface area (Å²) in [7, 11) is 0. The summed E-state index contributed by atoms with van der Waals surface area (Å²) in [4.78, 5) is 26.0. The molecule has 2 saturated heterocycles. The van der Waals surface area contributed by atoms with E-state index < -0.39 is 0 Å². The van der Waals surface area contributed by atoms with Gasteiger partial charge in [0.1, 0.15) is 8.16 Å². The molecule has 0 radical (unpaired) electrons. The van der Waals surface area contributed by atoms with E-state index in [9.17, 15) is 9.59 Å². The molecular formula is C35H28O4S4. The van der Waals surface area contributed by atoms with Gasteiger partial charge >= 0.3 is 11.9 Å². The molecular weight excluding hydrogens is 613 g/mol. The minimum absolute atomic E-state index is 0.147. The van der Waals surface area contributed by atoms with E-state index in [-0.39, 0.29) is 33.3 Å². The van der Waals surface area contributed by atoms with Crippen molar-refractivity contribution in [2.45, 2.75) is 14.6 Å². The largest absolute Gasteiger partial charge is 0.462 e. The highest BCUT2D eigenvalue weighted by molar-refractivity contribution is 8.21. The molecule has 2 spiro atoms. The average Bonchev–Trinajstić information content (AvgIpc) is 3.85. The average molecular weight is 641 g/mol. The molecule has 43 heavy (non-hydrogen) atoms. The Balaban J connectivity index is 0.901. The first kappa shape index (κ1) is 27.7. The Morgan fingerprint density at radius 3 is 1.37 bits per heavy atom. The van der Waals surface area contributed by atoms with Crippen molar-refractivity contribution in [1.82, 2.24) is 0 Å². The zero-order valence-electron chi connectivity index (χ0n) is 23.3. The van der Waals surface area contributed by atoms with E-state index in [1.165, 1.54) is 44.5 Å². The molecule has 216 valence electrons. The first-order valence-electron chi connectivity index (χ1n) is 14.5. The quantitative estimate of drug-likeness (QED) is 0.154. The topological polar surface area (TPSA) is 52.6 Å². The second kappa shape index (κ2) is 11.0. The lowest BCUT2D eigenvalue weighted by Crippen LogP contribution is -2.15. The lowest BCUT2D eigenvalue weighted by molar-refractivity contribution is 0.0396. The van der Waals surface area contributed by atoms with E-state index in [1.54, 1.807) is 0 Å². The van der Waals surface area contributed by atoms with Crippen molar-refractivity contribution in [3.05, 3.63) is 118 Å². The van der Waals surface area contributed by atoms with E-state index in [4.69, 9.17) is 9.47 Å². The fourth-order valence-corrected chi connectivity index (χ4v) is 13.4. The Hall–Kier alpha value is -2.78. The third kappa shape index (κ3) is 4.39. The Labute approximate surface area is 268 Å². The molecule has 4 aromatic carbocycles. The number of fused-ring (bicyclic) bond motifs is 10. The van der Waals surface area contributed by atoms with Crippen molar-refractivity contribution >= 4 is 59.0 Å². The van der Waals surface area contributed by atoms with Crippen molar-refractivity contribution in [1.29, 1.82) is 0 Å². The summed E-state index contributed by atoms with van der Waals surface area (Å²) in [5, 5.41) is 0. The molecule has 0 atom stereocenters. The minimum atomic E-state index is -0.344. The van der Waals surface area contributed by atoms with Crippen LogP contribution in [0.5, 0.6) is 0 Å². The molecule has 0 bridgehead atoms. The van der Waals surface area contributed by atoms with Crippen molar-refractivity contribution in [2.24, 2.45) is 0 Å². The van der Waals surface area contributed by atoms with Crippen LogP contribution in [0.4, 0.5) is 0 Å². The number of benzene rings is 4. The van der Waals surface area contributed by atoms with Crippen LogP contribution in [0.2, 0.25) is 0 Å². The molecule has 0 saturated carbocycles. The monoisotopic (exact) mass is 640 g/mol. The summed E-state index contributed by atoms with van der Waals surface area (Å²) in [6.45, 7) is 0.377. The molecule has 2 aliphatic heterocycles. The van der Waals surface area contributed by atoms with Gasteiger partial charge in [0.15, 0.2) is 0 Å². The third-order valence-corrected chi connectivity index (χ3v) is 15.5. The van der Waals surface area contributed by atoms with Gasteiger partial charge < -0.3 is 9.47 Å². The summed E-state index contributed by atoms with van der Waals surface area (Å²) in [6.07, 6.45) is 0.440. The minimum Gasteiger partial charge on any atom is -0.462 e. The van der Waals surface area contributed by atoms with Gasteiger partial charge in [0.2, 0.25) is 0 Å². The molecule has 0 amide bonds. The highest BCUT2D eigenvalue weighted by Gasteiger charge is 2.48. The number of thioether (sulfide) groups is 4. The SMILES string of the molecule is O=C(OCCCOC(=O)c1ccc2c(c1)C1(SCCS1)c1ccccc1-2)c1ccc2c(c1)C1(SCCS1)c1ccccc1-2. The van der Waals surface area contributed by atoms with Crippen molar-refractivity contribution < 1.29 is 19.1 Å². The van der Waals surface area contributed by atoms with Crippen LogP contribution in [0.25, 0.3) is 22.3 Å². The van der Waals surface area contributed by atoms with Crippen LogP contribution >= 0.6 is 47.0 Å². The Bertz CT molecular complexity index is 1640. The Kier molecular flexibility index (Phi) is 7.09. The fourth-order valence-electron chi connectivity index (χ4n) is 6.66. The Morgan fingerprint density at radius 2 is 0.930 bits per heavy atom. The summed E-state index contributed by atoms with van der Waals surface area (Å²) >= 11 is 7.81. The van der Waals surface area contributed by atoms with Gasteiger partial charge in [-0.3, -0.25) is 0 Å². The molecule has 2 aliphatic carbocycles. The van der Waals surface area contributed by atoms with E-state index in [0.29, 0.717) is 17.5 Å². The highest BCUT2D eigenvalue weighted by atomic mass is 32.2. The molecule has 8 heteroatoms. The second-order valence-corrected chi connectivity index (χ2v) is 16.6. The molecule has 2 heterocycles. The lowest BCUT2D eigenvalue weighted by atomic mass is 10.0. The standard InChI is InChI=1S/C35H28O4S4/c36-32(22-10-12-26-24-6-1-3-8-28(24)34(30(26)20-22)40-16-17-41-34)38-14-5-15-39-33(37)23-11-13-27-25-7-2-4-9-29(25)35(31(27)21-23)42-18-19-43-35/h1-4,6-13,20-21H,5,14-19H2. The van der Waals surface area contributed by atoms with Crippen LogP contribution in [0.1, 0.15) is 49.4 Å². The molecule has 8 rings (SSSR count). The van der Waals surface area contributed by atoms with Gasteiger partial charge in [-0.05, 0) is 68.8 Å². The number of carbonyl (C=O) groups is 2. The summed E-state index contributed by atoms with van der Waals surface area (Å²) in [5.41, 5.74) is 11.1. The molecule has 4 nitrogen and oxygen atoms in total. The fraction of sp³-hybridized carbons (Fsp3) is 0.257. The van der Waals surface area contributed by atoms with E-state index in [0.717, 1.165) is 23.0 Å². The maximum absolute atomic E-state index is 13.0. The zero-order valence-corrected chi connectivity index (χ0v) is 26.6. The number of hydrogen-bond acceptors (Lipinski definition) is 8. The third-order valence-electron chi connectivity index (χ3n) is 8.51. The van der Waals surface area contributed by atoms with Crippen LogP contribution in [-0.2, 0) is 17.6 Å². The number of ether oxygens (including phenoxy) is 2. The molecule has 0 N–H and O–H groups in total. The van der Waals surface area contributed by atoms with E-state index >= 15 is 0 Å². The smallest absolute Gasteiger partial charge is 0.338 e. The predicted octanol–water partition coefficient (Wildman–Crippen LogP) is 8.41. The van der Waals surface area contributed by atoms with Crippen molar-refractivity contribution in [3.63, 3.8) is 0 Å². The molecule has 0 unspecified atom stereocenters. The van der Waals surface area contributed by atoms with E-state index in [1.807, 2.05) is 71.3 Å². The zero-order chi connectivity index (χ0) is 29.0. The van der Waals surface area contributed by atoms with Gasteiger partial charge in [-0.15, -0.1) is 47.0 Å². The van der Waals surface area contributed by atoms with Crippen LogP contribution in [0.15, 0.2) is 84.9 Å². The maximum atomic E-state index is 13.0. The molecule has 2 fully saturated rings. The summed E-state index contributed by atoms with van der Waals surface area (Å²) in [5.74, 6) is 3.66. The maximum Gasteiger partial charge on any atom is 0.338 e. The molecule has 0 aromatic heterocycles. The number of esters is 2. The number of rotatable bonds is 6. The second-order valence-electron chi connectivity index (χ2n) is 10.9. The van der Waals surface area contributed by atoms with Gasteiger partial charge in [0, 0.05) is 29.4 Å². The molecule has 4 aromatic rings. The van der Waals surface area contributed by atoms with Gasteiger partial charge in [-0.25, -0.2) is 9.59 Å². The van der Waals surface area contributed by atoms with Crippen molar-refractivity contribution in [2.75, 3.05) is 36.2 Å². The van der Waals surface area contributed by atoms with Gasteiger partial charge in [0.05, 0.1) is 24.3 Å². The highest BCUT2D eigenvalue weighted by Crippen LogP contribution is 2.65. The number of hydrogen-bond donors (Lipinski definition) is 0. The molecule has 4 aliphatic rings. The van der Waals surface area contributed by atoms with Gasteiger partial charge in [-0.2, -0.15) is 0 Å². The predicted molar refractivity (Wildman–Crippen MR) is 180 cm³/mol. The number of carbonyl (C=O) groups excluding carboxylic acids is 2.